The van der Waals surface area contributed by atoms with E-state index in [1.807, 2.05) is 0 Å². The molecule has 0 radical (unpaired) electrons. The summed E-state index contributed by atoms with van der Waals surface area (Å²) in [6.07, 6.45) is 1.14. The van der Waals surface area contributed by atoms with Gasteiger partial charge in [0.2, 0.25) is 5.60 Å². The maximum atomic E-state index is 13.0. The summed E-state index contributed by atoms with van der Waals surface area (Å²) in [6.45, 7) is 2.41. The number of carbonyl (C=O) groups excluding carboxylic acids is 2. The van der Waals surface area contributed by atoms with Gasteiger partial charge in [-0.05, 0) is 44.1 Å². The van der Waals surface area contributed by atoms with Crippen LogP contribution >= 0.6 is 23.2 Å². The fraction of sp³-hybridized carbons (Fsp3) is 0.467. The maximum Gasteiger partial charge on any atom is 0.422 e. The van der Waals surface area contributed by atoms with Crippen molar-refractivity contribution in [3.05, 3.63) is 28.2 Å². The second-order valence-electron chi connectivity index (χ2n) is 6.05. The first-order chi connectivity index (χ1) is 10.5. The lowest BCUT2D eigenvalue weighted by Gasteiger charge is -2.48. The summed E-state index contributed by atoms with van der Waals surface area (Å²) in [5, 5.41) is 0.678. The third-order valence-corrected chi connectivity index (χ3v) is 5.62. The van der Waals surface area contributed by atoms with Crippen molar-refractivity contribution in [2.24, 2.45) is 5.92 Å². The smallest absolute Gasteiger partial charge is 0.422 e. The van der Waals surface area contributed by atoms with Crippen LogP contribution in [-0.2, 0) is 9.53 Å². The Bertz CT molecular complexity index is 673. The first-order valence-electron chi connectivity index (χ1n) is 7.26. The SMILES string of the molecule is O=C1OC2(CN3CCC2CC3)C(=O)N1c1ccc(Cl)c(Cl)c1. The van der Waals surface area contributed by atoms with Crippen LogP contribution in [0.25, 0.3) is 0 Å². The molecule has 5 rings (SSSR count). The van der Waals surface area contributed by atoms with E-state index in [1.54, 1.807) is 12.1 Å². The molecule has 2 bridgehead atoms. The summed E-state index contributed by atoms with van der Waals surface area (Å²) < 4.78 is 5.59. The zero-order valence-electron chi connectivity index (χ0n) is 11.7. The van der Waals surface area contributed by atoms with Crippen molar-refractivity contribution < 1.29 is 14.3 Å². The van der Waals surface area contributed by atoms with Crippen molar-refractivity contribution in [1.82, 2.24) is 4.90 Å². The van der Waals surface area contributed by atoms with E-state index in [1.165, 1.54) is 6.07 Å². The van der Waals surface area contributed by atoms with E-state index >= 15 is 0 Å². The summed E-state index contributed by atoms with van der Waals surface area (Å²) in [7, 11) is 0. The van der Waals surface area contributed by atoms with Gasteiger partial charge < -0.3 is 4.74 Å². The predicted molar refractivity (Wildman–Crippen MR) is 82.3 cm³/mol. The number of benzene rings is 1. The number of hydrogen-bond acceptors (Lipinski definition) is 4. The second-order valence-corrected chi connectivity index (χ2v) is 6.86. The lowest BCUT2D eigenvalue weighted by molar-refractivity contribution is -0.148. The Balaban J connectivity index is 1.72. The first-order valence-corrected chi connectivity index (χ1v) is 8.02. The Morgan fingerprint density at radius 3 is 2.45 bits per heavy atom. The lowest BCUT2D eigenvalue weighted by atomic mass is 9.75. The summed E-state index contributed by atoms with van der Waals surface area (Å²) in [4.78, 5) is 28.5. The fourth-order valence-corrected chi connectivity index (χ4v) is 4.03. The summed E-state index contributed by atoms with van der Waals surface area (Å²) in [5.74, 6) is -0.188. The number of nitrogens with zero attached hydrogens (tertiary/aromatic N) is 2. The first kappa shape index (κ1) is 14.3. The standard InChI is InChI=1S/C15H14Cl2N2O3/c16-11-2-1-10(7-12(11)17)19-13(20)15(22-14(19)21)8-18-5-3-9(15)4-6-18/h1-2,7,9H,3-6,8H2. The molecule has 5 nitrogen and oxygen atoms in total. The van der Waals surface area contributed by atoms with E-state index in [0.29, 0.717) is 22.3 Å². The number of rotatable bonds is 1. The predicted octanol–water partition coefficient (Wildman–Crippen LogP) is 2.94. The van der Waals surface area contributed by atoms with Crippen LogP contribution in [0.3, 0.4) is 0 Å². The number of anilines is 1. The molecule has 0 aromatic heterocycles. The molecule has 7 heteroatoms. The summed E-state index contributed by atoms with van der Waals surface area (Å²) in [5.41, 5.74) is -0.627. The largest absolute Gasteiger partial charge is 0.430 e. The monoisotopic (exact) mass is 340 g/mol. The van der Waals surface area contributed by atoms with Gasteiger partial charge >= 0.3 is 6.09 Å². The summed E-state index contributed by atoms with van der Waals surface area (Å²) in [6, 6.07) is 4.69. The van der Waals surface area contributed by atoms with Crippen LogP contribution in [0.5, 0.6) is 0 Å². The molecule has 116 valence electrons. The molecule has 1 aromatic carbocycles. The van der Waals surface area contributed by atoms with Crippen LogP contribution in [0.4, 0.5) is 10.5 Å². The van der Waals surface area contributed by atoms with E-state index < -0.39 is 11.7 Å². The van der Waals surface area contributed by atoms with Gasteiger partial charge in [-0.15, -0.1) is 0 Å². The van der Waals surface area contributed by atoms with Gasteiger partial charge in [0.15, 0.2) is 0 Å². The van der Waals surface area contributed by atoms with Crippen molar-refractivity contribution in [3.8, 4) is 0 Å². The van der Waals surface area contributed by atoms with Crippen molar-refractivity contribution in [2.45, 2.75) is 18.4 Å². The van der Waals surface area contributed by atoms with E-state index in [-0.39, 0.29) is 11.8 Å². The minimum atomic E-state index is -1.03. The highest BCUT2D eigenvalue weighted by molar-refractivity contribution is 6.42. The van der Waals surface area contributed by atoms with Crippen LogP contribution in [0, 0.1) is 5.92 Å². The molecule has 4 aliphatic rings. The number of ether oxygens (including phenoxy) is 1. The van der Waals surface area contributed by atoms with Crippen molar-refractivity contribution in [3.63, 3.8) is 0 Å². The van der Waals surface area contributed by atoms with Crippen molar-refractivity contribution >= 4 is 40.9 Å². The van der Waals surface area contributed by atoms with Gasteiger partial charge in [0.05, 0.1) is 15.7 Å². The van der Waals surface area contributed by atoms with Crippen LogP contribution in [0.15, 0.2) is 18.2 Å². The number of imide groups is 1. The lowest BCUT2D eigenvalue weighted by Crippen LogP contribution is -2.63. The molecule has 0 saturated carbocycles. The van der Waals surface area contributed by atoms with Gasteiger partial charge in [-0.1, -0.05) is 23.2 Å². The van der Waals surface area contributed by atoms with Gasteiger partial charge in [0.25, 0.3) is 5.91 Å². The maximum absolute atomic E-state index is 13.0. The van der Waals surface area contributed by atoms with Gasteiger partial charge in [-0.3, -0.25) is 9.69 Å². The van der Waals surface area contributed by atoms with Gasteiger partial charge in [-0.2, -0.15) is 0 Å². The quantitative estimate of drug-likeness (QED) is 0.788. The molecule has 22 heavy (non-hydrogen) atoms. The van der Waals surface area contributed by atoms with Crippen LogP contribution in [-0.4, -0.2) is 42.1 Å². The Morgan fingerprint density at radius 1 is 1.14 bits per heavy atom. The van der Waals surface area contributed by atoms with E-state index in [0.717, 1.165) is 30.8 Å². The highest BCUT2D eigenvalue weighted by Gasteiger charge is 2.62. The van der Waals surface area contributed by atoms with E-state index in [2.05, 4.69) is 4.90 Å². The molecule has 1 unspecified atom stereocenters. The number of piperidine rings is 3. The number of halogens is 2. The molecular formula is C15H14Cl2N2O3. The highest BCUT2D eigenvalue weighted by Crippen LogP contribution is 2.44. The highest BCUT2D eigenvalue weighted by atomic mass is 35.5. The number of fused-ring (bicyclic) bond motifs is 2. The molecule has 2 amide bonds. The second kappa shape index (κ2) is 4.85. The van der Waals surface area contributed by atoms with E-state index in [9.17, 15) is 9.59 Å². The number of hydrogen-bond donors (Lipinski definition) is 0. The zero-order chi connectivity index (χ0) is 15.5. The van der Waals surface area contributed by atoms with Crippen LogP contribution in [0.2, 0.25) is 10.0 Å². The number of carbonyl (C=O) groups is 2. The minimum Gasteiger partial charge on any atom is -0.430 e. The molecule has 1 spiro atoms. The zero-order valence-corrected chi connectivity index (χ0v) is 13.2. The minimum absolute atomic E-state index is 0.0988. The molecule has 1 aromatic rings. The third kappa shape index (κ3) is 1.89. The Morgan fingerprint density at radius 2 is 1.86 bits per heavy atom. The van der Waals surface area contributed by atoms with Gasteiger partial charge in [0.1, 0.15) is 0 Å². The number of amides is 2. The van der Waals surface area contributed by atoms with Crippen LogP contribution in [0.1, 0.15) is 12.8 Å². The molecule has 4 aliphatic heterocycles. The Labute approximate surface area is 137 Å². The molecule has 4 heterocycles. The van der Waals surface area contributed by atoms with Gasteiger partial charge in [-0.25, -0.2) is 9.69 Å². The Kier molecular flexibility index (Phi) is 3.15. The topological polar surface area (TPSA) is 49.9 Å². The van der Waals surface area contributed by atoms with Crippen molar-refractivity contribution in [2.75, 3.05) is 24.5 Å². The molecule has 4 fully saturated rings. The molecular weight excluding hydrogens is 327 g/mol. The fourth-order valence-electron chi connectivity index (χ4n) is 3.74. The van der Waals surface area contributed by atoms with Gasteiger partial charge in [0, 0.05) is 12.5 Å². The normalized spacial score (nSPS) is 33.6. The van der Waals surface area contributed by atoms with Crippen molar-refractivity contribution in [1.29, 1.82) is 0 Å². The molecule has 0 aliphatic carbocycles. The summed E-state index contributed by atoms with van der Waals surface area (Å²) >= 11 is 11.9. The van der Waals surface area contributed by atoms with E-state index in [4.69, 9.17) is 27.9 Å². The molecule has 0 N–H and O–H groups in total. The third-order valence-electron chi connectivity index (χ3n) is 4.88. The average molecular weight is 341 g/mol. The average Bonchev–Trinajstić information content (AvgIpc) is 2.74. The molecule has 1 atom stereocenters. The Hall–Kier alpha value is -1.30. The molecule has 4 saturated heterocycles. The van der Waals surface area contributed by atoms with Crippen LogP contribution < -0.4 is 4.90 Å².